The summed E-state index contributed by atoms with van der Waals surface area (Å²) in [7, 11) is 3.41. The summed E-state index contributed by atoms with van der Waals surface area (Å²) in [5, 5.41) is 7.83. The van der Waals surface area contributed by atoms with Crippen molar-refractivity contribution in [1.29, 1.82) is 0 Å². The quantitative estimate of drug-likeness (QED) is 0.368. The zero-order chi connectivity index (χ0) is 28.9. The summed E-state index contributed by atoms with van der Waals surface area (Å²) >= 11 is 1.39. The lowest BCUT2D eigenvalue weighted by Crippen LogP contribution is -2.59. The van der Waals surface area contributed by atoms with Crippen molar-refractivity contribution in [3.8, 4) is 5.19 Å². The van der Waals surface area contributed by atoms with Crippen LogP contribution in [0, 0.1) is 6.92 Å². The first kappa shape index (κ1) is 27.6. The topological polar surface area (TPSA) is 115 Å². The molecule has 1 fully saturated rings. The summed E-state index contributed by atoms with van der Waals surface area (Å²) < 4.78 is 13.7. The number of fused-ring (bicyclic) bond motifs is 2. The molecule has 12 heteroatoms. The number of methoxy groups -OCH3 is 1. The van der Waals surface area contributed by atoms with Gasteiger partial charge in [0.15, 0.2) is 0 Å². The van der Waals surface area contributed by atoms with E-state index in [0.29, 0.717) is 40.7 Å². The molecule has 0 spiro atoms. The molecule has 1 aromatic carbocycles. The number of nitrogens with one attached hydrogen (secondary N) is 1. The lowest BCUT2D eigenvalue weighted by Gasteiger charge is -2.45. The third kappa shape index (κ3) is 5.27. The average Bonchev–Trinajstić information content (AvgIpc) is 3.45. The number of ether oxygens (including phenoxy) is 2. The van der Waals surface area contributed by atoms with Crippen molar-refractivity contribution in [1.82, 2.24) is 24.6 Å². The lowest BCUT2D eigenvalue weighted by atomic mass is 10.1. The molecule has 0 unspecified atom stereocenters. The number of aromatic nitrogens is 4. The fourth-order valence-corrected chi connectivity index (χ4v) is 6.16. The van der Waals surface area contributed by atoms with E-state index < -0.39 is 5.60 Å². The number of hydrogen-bond acceptors (Lipinski definition) is 9. The maximum atomic E-state index is 13.5. The van der Waals surface area contributed by atoms with Gasteiger partial charge in [0.25, 0.3) is 11.1 Å². The van der Waals surface area contributed by atoms with E-state index in [9.17, 15) is 9.59 Å². The summed E-state index contributed by atoms with van der Waals surface area (Å²) in [5.41, 5.74) is 3.80. The molecule has 0 bridgehead atoms. The van der Waals surface area contributed by atoms with Crippen molar-refractivity contribution < 1.29 is 19.1 Å². The van der Waals surface area contributed by atoms with Gasteiger partial charge < -0.3 is 19.7 Å². The van der Waals surface area contributed by atoms with Crippen LogP contribution in [0.2, 0.25) is 0 Å². The van der Waals surface area contributed by atoms with Crippen LogP contribution in [0.3, 0.4) is 0 Å². The molecular weight excluding hydrogens is 530 g/mol. The van der Waals surface area contributed by atoms with Crippen molar-refractivity contribution in [3.63, 3.8) is 0 Å². The van der Waals surface area contributed by atoms with E-state index in [-0.39, 0.29) is 24.1 Å². The van der Waals surface area contributed by atoms with E-state index in [0.717, 1.165) is 21.5 Å². The number of carbonyl (C=O) groups excluding carboxylic acids is 2. The predicted octanol–water partition coefficient (Wildman–Crippen LogP) is 4.98. The van der Waals surface area contributed by atoms with Gasteiger partial charge >= 0.3 is 6.09 Å². The van der Waals surface area contributed by atoms with Crippen LogP contribution in [0.5, 0.6) is 5.19 Å². The lowest BCUT2D eigenvalue weighted by molar-refractivity contribution is 0.00567. The van der Waals surface area contributed by atoms with Gasteiger partial charge in [-0.25, -0.2) is 14.8 Å². The zero-order valence-corrected chi connectivity index (χ0v) is 24.9. The van der Waals surface area contributed by atoms with Gasteiger partial charge in [0.2, 0.25) is 0 Å². The minimum absolute atomic E-state index is 0.0804. The van der Waals surface area contributed by atoms with Gasteiger partial charge in [-0.3, -0.25) is 14.4 Å². The predicted molar refractivity (Wildman–Crippen MR) is 157 cm³/mol. The van der Waals surface area contributed by atoms with Crippen LogP contribution >= 0.6 is 11.3 Å². The Hall–Kier alpha value is -3.93. The molecule has 212 valence electrons. The maximum absolute atomic E-state index is 13.5. The highest BCUT2D eigenvalue weighted by atomic mass is 32.1. The van der Waals surface area contributed by atoms with Gasteiger partial charge in [0.05, 0.1) is 41.3 Å². The molecule has 1 aliphatic heterocycles. The van der Waals surface area contributed by atoms with Crippen LogP contribution in [0.15, 0.2) is 24.4 Å². The summed E-state index contributed by atoms with van der Waals surface area (Å²) in [4.78, 5) is 39.6. The number of rotatable bonds is 4. The van der Waals surface area contributed by atoms with Crippen molar-refractivity contribution in [2.75, 3.05) is 30.4 Å². The first-order chi connectivity index (χ1) is 18.8. The first-order valence-electron chi connectivity index (χ1n) is 13.2. The summed E-state index contributed by atoms with van der Waals surface area (Å²) in [5.74, 6) is 0.138. The number of piperazine rings is 1. The highest BCUT2D eigenvalue weighted by molar-refractivity contribution is 7.21. The average molecular weight is 566 g/mol. The Balaban J connectivity index is 1.44. The number of anilines is 2. The molecule has 4 heterocycles. The Morgan fingerprint density at radius 2 is 1.80 bits per heavy atom. The number of hydrogen-bond donors (Lipinski definition) is 1. The van der Waals surface area contributed by atoms with E-state index in [1.165, 1.54) is 11.3 Å². The third-order valence-corrected chi connectivity index (χ3v) is 7.84. The molecule has 1 N–H and O–H groups in total. The number of thiazole rings is 1. The SMILES string of the molecule is COc1nc2c(C(=O)Nc3cc(C)c4nn(C)cc4n3)ccc(N3C[C@H](C)N(C(=O)OC(C)(C)C)[C@@H](C)C3)c2s1. The minimum atomic E-state index is -0.562. The molecule has 1 aliphatic rings. The fraction of sp³-hybridized carbons (Fsp3) is 0.464. The van der Waals surface area contributed by atoms with E-state index in [1.54, 1.807) is 17.9 Å². The molecule has 0 radical (unpaired) electrons. The van der Waals surface area contributed by atoms with E-state index in [2.05, 4.69) is 25.3 Å². The third-order valence-electron chi connectivity index (χ3n) is 6.81. The smallest absolute Gasteiger partial charge is 0.410 e. The molecule has 40 heavy (non-hydrogen) atoms. The Kier molecular flexibility index (Phi) is 7.07. The molecule has 3 aromatic heterocycles. The van der Waals surface area contributed by atoms with Gasteiger partial charge in [-0.1, -0.05) is 11.3 Å². The Labute approximate surface area is 237 Å². The number of carbonyl (C=O) groups is 2. The van der Waals surface area contributed by atoms with Crippen molar-refractivity contribution in [2.24, 2.45) is 7.05 Å². The standard InChI is InChI=1S/C28H35N7O4S/c1-15-11-21(29-19-14-33(7)32-22(15)19)30-25(36)18-9-10-20(24-23(18)31-26(38-8)40-24)34-12-16(2)35(17(3)13-34)27(37)39-28(4,5)6/h9-11,14,16-17H,12-13H2,1-8H3,(H,29,30,36)/t16-,17-/m0/s1. The van der Waals surface area contributed by atoms with Crippen LogP contribution in [0.1, 0.15) is 50.5 Å². The molecular formula is C28H35N7O4S. The monoisotopic (exact) mass is 565 g/mol. The highest BCUT2D eigenvalue weighted by Gasteiger charge is 2.36. The molecule has 11 nitrogen and oxygen atoms in total. The molecule has 5 rings (SSSR count). The van der Waals surface area contributed by atoms with Crippen LogP contribution in [0.4, 0.5) is 16.3 Å². The van der Waals surface area contributed by atoms with E-state index >= 15 is 0 Å². The molecule has 0 saturated carbocycles. The summed E-state index contributed by atoms with van der Waals surface area (Å²) in [6.45, 7) is 12.8. The molecule has 0 aliphatic carbocycles. The van der Waals surface area contributed by atoms with Gasteiger partial charge in [-0.15, -0.1) is 0 Å². The highest BCUT2D eigenvalue weighted by Crippen LogP contribution is 2.39. The van der Waals surface area contributed by atoms with Gasteiger partial charge in [0, 0.05) is 20.1 Å². The van der Waals surface area contributed by atoms with Gasteiger partial charge in [-0.2, -0.15) is 5.10 Å². The normalized spacial score (nSPS) is 17.9. The van der Waals surface area contributed by atoms with Crippen molar-refractivity contribution in [3.05, 3.63) is 35.5 Å². The fourth-order valence-electron chi connectivity index (χ4n) is 5.21. The molecule has 2 amide bonds. The van der Waals surface area contributed by atoms with Crippen molar-refractivity contribution >= 4 is 56.1 Å². The number of aryl methyl sites for hydroxylation is 2. The number of amides is 2. The Morgan fingerprint density at radius 1 is 1.10 bits per heavy atom. The van der Waals surface area contributed by atoms with Gasteiger partial charge in [0.1, 0.15) is 28.0 Å². The van der Waals surface area contributed by atoms with Gasteiger partial charge in [-0.05, 0) is 65.3 Å². The zero-order valence-electron chi connectivity index (χ0n) is 24.1. The largest absolute Gasteiger partial charge is 0.473 e. The second-order valence-corrected chi connectivity index (χ2v) is 12.3. The van der Waals surface area contributed by atoms with Crippen LogP contribution in [-0.2, 0) is 11.8 Å². The van der Waals surface area contributed by atoms with Crippen molar-refractivity contribution in [2.45, 2.75) is 59.2 Å². The minimum Gasteiger partial charge on any atom is -0.473 e. The number of nitrogens with zero attached hydrogens (tertiary/aromatic N) is 6. The second-order valence-electron chi connectivity index (χ2n) is 11.3. The van der Waals surface area contributed by atoms with Crippen LogP contribution < -0.4 is 15.0 Å². The van der Waals surface area contributed by atoms with Crippen LogP contribution in [0.25, 0.3) is 21.3 Å². The maximum Gasteiger partial charge on any atom is 0.410 e. The summed E-state index contributed by atoms with van der Waals surface area (Å²) in [6, 6.07) is 5.39. The second kappa shape index (κ2) is 10.2. The summed E-state index contributed by atoms with van der Waals surface area (Å²) in [6.07, 6.45) is 1.51. The Morgan fingerprint density at radius 3 is 2.45 bits per heavy atom. The molecule has 1 saturated heterocycles. The molecule has 2 atom stereocenters. The molecule has 4 aromatic rings. The Bertz CT molecular complexity index is 1590. The number of pyridine rings is 1. The van der Waals surface area contributed by atoms with Crippen LogP contribution in [-0.4, -0.2) is 74.5 Å². The number of benzene rings is 1. The van der Waals surface area contributed by atoms with E-state index in [1.807, 2.05) is 71.8 Å². The first-order valence-corrected chi connectivity index (χ1v) is 14.0. The van der Waals surface area contributed by atoms with E-state index in [4.69, 9.17) is 9.47 Å².